The Morgan fingerprint density at radius 2 is 1.46 bits per heavy atom. The van der Waals surface area contributed by atoms with Crippen LogP contribution >= 0.6 is 0 Å². The summed E-state index contributed by atoms with van der Waals surface area (Å²) in [6.07, 6.45) is -3.16. The van der Waals surface area contributed by atoms with Crippen molar-refractivity contribution in [1.82, 2.24) is 0 Å². The SMILES string of the molecule is C=CCCc1ccc(OC(=O)c2ccc3c(c2F)C(F)C(F)c2c-3ccc(OC)c2F)c(F)c1F. The van der Waals surface area contributed by atoms with Crippen LogP contribution in [-0.2, 0) is 6.42 Å². The molecule has 0 radical (unpaired) electrons. The van der Waals surface area contributed by atoms with Crippen molar-refractivity contribution in [2.45, 2.75) is 25.2 Å². The van der Waals surface area contributed by atoms with E-state index in [2.05, 4.69) is 6.58 Å². The minimum atomic E-state index is -2.65. The molecule has 0 amide bonds. The third kappa shape index (κ3) is 4.05. The maximum Gasteiger partial charge on any atom is 0.346 e. The van der Waals surface area contributed by atoms with Crippen LogP contribution in [-0.4, -0.2) is 13.1 Å². The molecular formula is C26H18F6O3. The van der Waals surface area contributed by atoms with Gasteiger partial charge < -0.3 is 9.47 Å². The van der Waals surface area contributed by atoms with E-state index in [1.807, 2.05) is 0 Å². The van der Waals surface area contributed by atoms with Crippen molar-refractivity contribution in [3.63, 3.8) is 0 Å². The van der Waals surface area contributed by atoms with Gasteiger partial charge in [0.25, 0.3) is 0 Å². The van der Waals surface area contributed by atoms with Crippen molar-refractivity contribution in [3.05, 3.63) is 94.6 Å². The third-order valence-electron chi connectivity index (χ3n) is 5.81. The Hall–Kier alpha value is -3.75. The summed E-state index contributed by atoms with van der Waals surface area (Å²) in [5.41, 5.74) is -2.52. The lowest BCUT2D eigenvalue weighted by Gasteiger charge is -2.28. The van der Waals surface area contributed by atoms with Gasteiger partial charge in [0, 0.05) is 11.1 Å². The van der Waals surface area contributed by atoms with Gasteiger partial charge in [0.2, 0.25) is 5.82 Å². The summed E-state index contributed by atoms with van der Waals surface area (Å²) >= 11 is 0. The molecule has 1 aliphatic carbocycles. The zero-order chi connectivity index (χ0) is 25.4. The van der Waals surface area contributed by atoms with Crippen molar-refractivity contribution in [2.24, 2.45) is 0 Å². The summed E-state index contributed by atoms with van der Waals surface area (Å²) in [7, 11) is 1.16. The Balaban J connectivity index is 1.72. The maximum absolute atomic E-state index is 15.3. The zero-order valence-electron chi connectivity index (χ0n) is 18.3. The molecule has 0 fully saturated rings. The summed E-state index contributed by atoms with van der Waals surface area (Å²) in [4.78, 5) is 12.6. The number of benzene rings is 3. The molecule has 0 aliphatic heterocycles. The summed E-state index contributed by atoms with van der Waals surface area (Å²) in [6, 6.07) is 6.66. The van der Waals surface area contributed by atoms with Crippen molar-refractivity contribution in [1.29, 1.82) is 0 Å². The van der Waals surface area contributed by atoms with Gasteiger partial charge in [0.15, 0.2) is 35.5 Å². The molecule has 0 aromatic heterocycles. The molecule has 0 spiro atoms. The average Bonchev–Trinajstić information content (AvgIpc) is 2.84. The molecule has 0 heterocycles. The largest absolute Gasteiger partial charge is 0.494 e. The summed E-state index contributed by atoms with van der Waals surface area (Å²) in [5, 5.41) is 0. The quantitative estimate of drug-likeness (QED) is 0.157. The van der Waals surface area contributed by atoms with Gasteiger partial charge >= 0.3 is 5.97 Å². The number of carbonyl (C=O) groups is 1. The van der Waals surface area contributed by atoms with Crippen LogP contribution in [0.1, 0.15) is 45.8 Å². The van der Waals surface area contributed by atoms with E-state index < -0.39 is 64.0 Å². The minimum absolute atomic E-state index is 0.0268. The number of alkyl halides is 2. The number of carbonyl (C=O) groups excluding carboxylic acids is 1. The Bertz CT molecular complexity index is 1340. The van der Waals surface area contributed by atoms with Gasteiger partial charge in [-0.2, -0.15) is 4.39 Å². The number of halogens is 6. The molecule has 4 rings (SSSR count). The molecule has 2 atom stereocenters. The van der Waals surface area contributed by atoms with Crippen LogP contribution in [0.4, 0.5) is 26.3 Å². The van der Waals surface area contributed by atoms with Gasteiger partial charge in [0.1, 0.15) is 5.82 Å². The number of hydrogen-bond acceptors (Lipinski definition) is 3. The number of aryl methyl sites for hydroxylation is 1. The van der Waals surface area contributed by atoms with Crippen LogP contribution in [0, 0.1) is 23.3 Å². The topological polar surface area (TPSA) is 35.5 Å². The molecule has 0 saturated heterocycles. The van der Waals surface area contributed by atoms with E-state index in [0.29, 0.717) is 6.42 Å². The number of ether oxygens (including phenoxy) is 2. The Labute approximate surface area is 196 Å². The van der Waals surface area contributed by atoms with Crippen molar-refractivity contribution >= 4 is 5.97 Å². The average molecular weight is 492 g/mol. The molecule has 0 bridgehead atoms. The lowest BCUT2D eigenvalue weighted by molar-refractivity contribution is 0.0720. The van der Waals surface area contributed by atoms with E-state index in [4.69, 9.17) is 9.47 Å². The van der Waals surface area contributed by atoms with Crippen LogP contribution in [0.3, 0.4) is 0 Å². The highest BCUT2D eigenvalue weighted by Crippen LogP contribution is 2.51. The molecule has 182 valence electrons. The molecule has 3 aromatic rings. The highest BCUT2D eigenvalue weighted by Gasteiger charge is 2.40. The predicted octanol–water partition coefficient (Wildman–Crippen LogP) is 7.29. The first-order chi connectivity index (χ1) is 16.7. The third-order valence-corrected chi connectivity index (χ3v) is 5.81. The fraction of sp³-hybridized carbons (Fsp3) is 0.192. The Kier molecular flexibility index (Phi) is 6.60. The summed E-state index contributed by atoms with van der Waals surface area (Å²) in [5.74, 6) is -7.82. The lowest BCUT2D eigenvalue weighted by atomic mass is 9.81. The normalized spacial score (nSPS) is 16.3. The monoisotopic (exact) mass is 492 g/mol. The van der Waals surface area contributed by atoms with Crippen LogP contribution in [0.25, 0.3) is 11.1 Å². The number of allylic oxidation sites excluding steroid dienone is 1. The number of esters is 1. The van der Waals surface area contributed by atoms with Crippen LogP contribution in [0.2, 0.25) is 0 Å². The van der Waals surface area contributed by atoms with Gasteiger partial charge in [-0.3, -0.25) is 0 Å². The fourth-order valence-electron chi connectivity index (χ4n) is 4.04. The highest BCUT2D eigenvalue weighted by atomic mass is 19.2. The molecule has 35 heavy (non-hydrogen) atoms. The molecule has 1 aliphatic rings. The summed E-state index contributed by atoms with van der Waals surface area (Å²) in [6.45, 7) is 3.50. The molecule has 3 aromatic carbocycles. The van der Waals surface area contributed by atoms with E-state index in [0.717, 1.165) is 25.3 Å². The van der Waals surface area contributed by atoms with E-state index in [-0.39, 0.29) is 28.9 Å². The van der Waals surface area contributed by atoms with Gasteiger partial charge in [-0.15, -0.1) is 6.58 Å². The molecule has 2 unspecified atom stereocenters. The molecule has 3 nitrogen and oxygen atoms in total. The van der Waals surface area contributed by atoms with Crippen molar-refractivity contribution < 1.29 is 40.6 Å². The van der Waals surface area contributed by atoms with Crippen LogP contribution in [0.15, 0.2) is 49.1 Å². The Morgan fingerprint density at radius 3 is 2.09 bits per heavy atom. The van der Waals surface area contributed by atoms with E-state index in [1.165, 1.54) is 24.3 Å². The van der Waals surface area contributed by atoms with Gasteiger partial charge in [-0.05, 0) is 47.7 Å². The molecule has 0 saturated carbocycles. The van der Waals surface area contributed by atoms with Gasteiger partial charge in [0.05, 0.1) is 12.7 Å². The fourth-order valence-corrected chi connectivity index (χ4v) is 4.04. The number of hydrogen-bond donors (Lipinski definition) is 0. The van der Waals surface area contributed by atoms with Gasteiger partial charge in [-0.25, -0.2) is 26.7 Å². The second-order valence-corrected chi connectivity index (χ2v) is 7.80. The lowest BCUT2D eigenvalue weighted by Crippen LogP contribution is -2.19. The second kappa shape index (κ2) is 9.48. The number of methoxy groups -OCH3 is 1. The zero-order valence-corrected chi connectivity index (χ0v) is 18.3. The van der Waals surface area contributed by atoms with Gasteiger partial charge in [-0.1, -0.05) is 24.3 Å². The van der Waals surface area contributed by atoms with E-state index in [9.17, 15) is 26.7 Å². The standard InChI is InChI=1S/C26H18F6O3/c1-3-4-5-12-6-10-17(23(30)20(12)27)35-26(33)15-8-7-13-14-9-11-16(34-2)22(29)19(14)25(32)24(31)18(13)21(15)28/h3,6-11,24-25H,1,4-5H2,2H3. The molecular weight excluding hydrogens is 474 g/mol. The smallest absolute Gasteiger partial charge is 0.346 e. The molecule has 9 heteroatoms. The Morgan fingerprint density at radius 1 is 0.857 bits per heavy atom. The number of rotatable bonds is 6. The van der Waals surface area contributed by atoms with Crippen LogP contribution < -0.4 is 9.47 Å². The van der Waals surface area contributed by atoms with Crippen molar-refractivity contribution in [3.8, 4) is 22.6 Å². The number of fused-ring (bicyclic) bond motifs is 3. The first-order valence-corrected chi connectivity index (χ1v) is 10.5. The maximum atomic E-state index is 15.3. The molecule has 0 N–H and O–H groups in total. The first kappa shape index (κ1) is 24.4. The van der Waals surface area contributed by atoms with Crippen LogP contribution in [0.5, 0.6) is 11.5 Å². The summed E-state index contributed by atoms with van der Waals surface area (Å²) < 4.78 is 98.0. The highest BCUT2D eigenvalue weighted by molar-refractivity contribution is 5.93. The predicted molar refractivity (Wildman–Crippen MR) is 116 cm³/mol. The van der Waals surface area contributed by atoms with E-state index in [1.54, 1.807) is 0 Å². The van der Waals surface area contributed by atoms with Crippen molar-refractivity contribution in [2.75, 3.05) is 7.11 Å². The second-order valence-electron chi connectivity index (χ2n) is 7.80. The minimum Gasteiger partial charge on any atom is -0.494 e. The first-order valence-electron chi connectivity index (χ1n) is 10.5. The van der Waals surface area contributed by atoms with E-state index >= 15 is 4.39 Å².